The molecule has 16 heavy (non-hydrogen) atoms. The quantitative estimate of drug-likeness (QED) is 0.895. The molecule has 0 saturated heterocycles. The highest BCUT2D eigenvalue weighted by molar-refractivity contribution is 7.13. The Hall–Kier alpha value is -1.33. The molecule has 0 saturated carbocycles. The zero-order chi connectivity index (χ0) is 11.5. The van der Waals surface area contributed by atoms with E-state index in [-0.39, 0.29) is 0 Å². The Morgan fingerprint density at radius 1 is 1.31 bits per heavy atom. The van der Waals surface area contributed by atoms with Crippen LogP contribution in [0.3, 0.4) is 0 Å². The predicted molar refractivity (Wildman–Crippen MR) is 60.2 cm³/mol. The Balaban J connectivity index is 2.35. The molecule has 0 unspecified atom stereocenters. The van der Waals surface area contributed by atoms with Crippen molar-refractivity contribution in [1.82, 2.24) is 4.98 Å². The van der Waals surface area contributed by atoms with Crippen molar-refractivity contribution < 1.29 is 8.78 Å². The van der Waals surface area contributed by atoms with Crippen LogP contribution in [0, 0.1) is 11.6 Å². The summed E-state index contributed by atoms with van der Waals surface area (Å²) in [5, 5.41) is 2.39. The molecule has 0 aliphatic carbocycles. The first-order valence-electron chi connectivity index (χ1n) is 4.80. The number of nitrogens with zero attached hydrogens (tertiary/aromatic N) is 1. The molecule has 0 bridgehead atoms. The Morgan fingerprint density at radius 2 is 2.12 bits per heavy atom. The van der Waals surface area contributed by atoms with E-state index in [1.807, 2.05) is 5.38 Å². The van der Waals surface area contributed by atoms with E-state index in [0.717, 1.165) is 11.8 Å². The van der Waals surface area contributed by atoms with Crippen LogP contribution in [-0.2, 0) is 6.42 Å². The highest BCUT2D eigenvalue weighted by Crippen LogP contribution is 2.26. The average molecular weight is 240 g/mol. The second-order valence-corrected chi connectivity index (χ2v) is 4.16. The molecule has 2 N–H and O–H groups in total. The molecule has 84 valence electrons. The SMILES string of the molecule is NCCc1csc(-c2ccc(F)cc2F)n1. The molecule has 1 heterocycles. The van der Waals surface area contributed by atoms with E-state index in [4.69, 9.17) is 5.73 Å². The smallest absolute Gasteiger partial charge is 0.136 e. The van der Waals surface area contributed by atoms with Crippen molar-refractivity contribution in [2.75, 3.05) is 6.54 Å². The van der Waals surface area contributed by atoms with Gasteiger partial charge in [-0.25, -0.2) is 13.8 Å². The summed E-state index contributed by atoms with van der Waals surface area (Å²) in [6, 6.07) is 3.48. The van der Waals surface area contributed by atoms with E-state index in [2.05, 4.69) is 4.98 Å². The zero-order valence-electron chi connectivity index (χ0n) is 8.41. The number of benzene rings is 1. The lowest BCUT2D eigenvalue weighted by atomic mass is 10.2. The molecule has 0 fully saturated rings. The van der Waals surface area contributed by atoms with Crippen molar-refractivity contribution in [3.63, 3.8) is 0 Å². The summed E-state index contributed by atoms with van der Waals surface area (Å²) in [5.74, 6) is -1.17. The Kier molecular flexibility index (Phi) is 3.26. The van der Waals surface area contributed by atoms with Crippen molar-refractivity contribution in [2.45, 2.75) is 6.42 Å². The van der Waals surface area contributed by atoms with Gasteiger partial charge in [0.1, 0.15) is 16.6 Å². The van der Waals surface area contributed by atoms with Crippen LogP contribution in [0.2, 0.25) is 0 Å². The minimum Gasteiger partial charge on any atom is -0.330 e. The first-order chi connectivity index (χ1) is 7.70. The molecule has 2 aromatic rings. The van der Waals surface area contributed by atoms with Gasteiger partial charge in [0.05, 0.1) is 5.69 Å². The molecule has 5 heteroatoms. The summed E-state index contributed by atoms with van der Waals surface area (Å²) in [7, 11) is 0. The van der Waals surface area contributed by atoms with Crippen molar-refractivity contribution in [1.29, 1.82) is 0 Å². The maximum absolute atomic E-state index is 13.4. The summed E-state index contributed by atoms with van der Waals surface area (Å²) >= 11 is 1.33. The summed E-state index contributed by atoms with van der Waals surface area (Å²) in [6.45, 7) is 0.509. The van der Waals surface area contributed by atoms with E-state index in [9.17, 15) is 8.78 Å². The predicted octanol–water partition coefficient (Wildman–Crippen LogP) is 2.59. The average Bonchev–Trinajstić information content (AvgIpc) is 2.67. The van der Waals surface area contributed by atoms with Crippen molar-refractivity contribution in [2.24, 2.45) is 5.73 Å². The van der Waals surface area contributed by atoms with Crippen LogP contribution < -0.4 is 5.73 Å². The molecule has 0 aliphatic heterocycles. The fraction of sp³-hybridized carbons (Fsp3) is 0.182. The molecular formula is C11H10F2N2S. The van der Waals surface area contributed by atoms with Crippen LogP contribution >= 0.6 is 11.3 Å². The van der Waals surface area contributed by atoms with Gasteiger partial charge < -0.3 is 5.73 Å². The Bertz CT molecular complexity index is 496. The van der Waals surface area contributed by atoms with Crippen molar-refractivity contribution in [3.05, 3.63) is 40.9 Å². The molecule has 2 nitrogen and oxygen atoms in total. The van der Waals surface area contributed by atoms with Gasteiger partial charge in [-0.3, -0.25) is 0 Å². The van der Waals surface area contributed by atoms with E-state index in [1.165, 1.54) is 23.5 Å². The molecule has 1 aromatic carbocycles. The van der Waals surface area contributed by atoms with Gasteiger partial charge in [0.2, 0.25) is 0 Å². The van der Waals surface area contributed by atoms with Crippen LogP contribution in [0.15, 0.2) is 23.6 Å². The van der Waals surface area contributed by atoms with Crippen LogP contribution in [-0.4, -0.2) is 11.5 Å². The topological polar surface area (TPSA) is 38.9 Å². The van der Waals surface area contributed by atoms with Gasteiger partial charge in [-0.15, -0.1) is 11.3 Å². The monoisotopic (exact) mass is 240 g/mol. The summed E-state index contributed by atoms with van der Waals surface area (Å²) in [4.78, 5) is 4.24. The molecule has 0 radical (unpaired) electrons. The molecule has 0 aliphatic rings. The highest BCUT2D eigenvalue weighted by Gasteiger charge is 2.10. The summed E-state index contributed by atoms with van der Waals surface area (Å²) in [5.41, 5.74) is 6.57. The molecular weight excluding hydrogens is 230 g/mol. The van der Waals surface area contributed by atoms with Gasteiger partial charge >= 0.3 is 0 Å². The van der Waals surface area contributed by atoms with Crippen LogP contribution in [0.4, 0.5) is 8.78 Å². The summed E-state index contributed by atoms with van der Waals surface area (Å²) in [6.07, 6.45) is 0.666. The van der Waals surface area contributed by atoms with Gasteiger partial charge in [0, 0.05) is 23.4 Å². The third-order valence-electron chi connectivity index (χ3n) is 2.11. The number of rotatable bonds is 3. The first kappa shape index (κ1) is 11.2. The lowest BCUT2D eigenvalue weighted by Crippen LogP contribution is -2.02. The Morgan fingerprint density at radius 3 is 2.81 bits per heavy atom. The standard InChI is InChI=1S/C11H10F2N2S/c12-7-1-2-9(10(13)5-7)11-15-8(3-4-14)6-16-11/h1-2,5-6H,3-4,14H2. The minimum atomic E-state index is -0.589. The van der Waals surface area contributed by atoms with Crippen LogP contribution in [0.1, 0.15) is 5.69 Å². The number of thiazole rings is 1. The molecule has 2 rings (SSSR count). The van der Waals surface area contributed by atoms with Gasteiger partial charge in [0.25, 0.3) is 0 Å². The van der Waals surface area contributed by atoms with E-state index >= 15 is 0 Å². The molecule has 0 atom stereocenters. The molecule has 0 spiro atoms. The second kappa shape index (κ2) is 4.67. The van der Waals surface area contributed by atoms with Gasteiger partial charge in [-0.1, -0.05) is 0 Å². The third-order valence-corrected chi connectivity index (χ3v) is 3.04. The summed E-state index contributed by atoms with van der Waals surface area (Å²) < 4.78 is 26.1. The normalized spacial score (nSPS) is 10.7. The zero-order valence-corrected chi connectivity index (χ0v) is 9.23. The van der Waals surface area contributed by atoms with Crippen molar-refractivity contribution in [3.8, 4) is 10.6 Å². The highest BCUT2D eigenvalue weighted by atomic mass is 32.1. The molecule has 0 amide bonds. The van der Waals surface area contributed by atoms with Crippen LogP contribution in [0.5, 0.6) is 0 Å². The van der Waals surface area contributed by atoms with Gasteiger partial charge in [0.15, 0.2) is 0 Å². The number of hydrogen-bond donors (Lipinski definition) is 1. The fourth-order valence-corrected chi connectivity index (χ4v) is 2.24. The van der Waals surface area contributed by atoms with Crippen molar-refractivity contribution >= 4 is 11.3 Å². The Labute approximate surface area is 95.7 Å². The fourth-order valence-electron chi connectivity index (χ4n) is 1.36. The maximum Gasteiger partial charge on any atom is 0.136 e. The lowest BCUT2D eigenvalue weighted by Gasteiger charge is -1.98. The lowest BCUT2D eigenvalue weighted by molar-refractivity contribution is 0.585. The van der Waals surface area contributed by atoms with E-state index in [1.54, 1.807) is 0 Å². The maximum atomic E-state index is 13.4. The number of nitrogens with two attached hydrogens (primary N) is 1. The second-order valence-electron chi connectivity index (χ2n) is 3.31. The van der Waals surface area contributed by atoms with E-state index < -0.39 is 11.6 Å². The first-order valence-corrected chi connectivity index (χ1v) is 5.68. The minimum absolute atomic E-state index is 0.328. The van der Waals surface area contributed by atoms with E-state index in [0.29, 0.717) is 23.5 Å². The van der Waals surface area contributed by atoms with Gasteiger partial charge in [-0.2, -0.15) is 0 Å². The molecule has 1 aromatic heterocycles. The third kappa shape index (κ3) is 2.25. The largest absolute Gasteiger partial charge is 0.330 e. The van der Waals surface area contributed by atoms with Gasteiger partial charge in [-0.05, 0) is 18.7 Å². The number of hydrogen-bond acceptors (Lipinski definition) is 3. The number of halogens is 2. The van der Waals surface area contributed by atoms with Crippen LogP contribution in [0.25, 0.3) is 10.6 Å². The number of aromatic nitrogens is 1.